The summed E-state index contributed by atoms with van der Waals surface area (Å²) in [6.07, 6.45) is 0.311. The lowest BCUT2D eigenvalue weighted by Gasteiger charge is -2.27. The third kappa shape index (κ3) is 5.31. The van der Waals surface area contributed by atoms with E-state index in [-0.39, 0.29) is 11.7 Å². The first kappa shape index (κ1) is 17.5. The van der Waals surface area contributed by atoms with Gasteiger partial charge in [-0.15, -0.1) is 0 Å². The number of carbonyl (C=O) groups excluding carboxylic acids is 1. The second kappa shape index (κ2) is 8.65. The van der Waals surface area contributed by atoms with Crippen molar-refractivity contribution in [3.05, 3.63) is 65.2 Å². The molecular weight excluding hydrogens is 316 g/mol. The van der Waals surface area contributed by atoms with Crippen LogP contribution >= 0.6 is 0 Å². The van der Waals surface area contributed by atoms with Gasteiger partial charge in [0, 0.05) is 26.2 Å². The number of hydrogen-bond donors (Lipinski definition) is 2. The molecule has 1 amide bonds. The first-order chi connectivity index (χ1) is 12.2. The Balaban J connectivity index is 1.55. The van der Waals surface area contributed by atoms with Crippen molar-refractivity contribution >= 4 is 5.91 Å². The van der Waals surface area contributed by atoms with Crippen molar-refractivity contribution in [1.29, 1.82) is 0 Å². The van der Waals surface area contributed by atoms with Crippen LogP contribution in [0.4, 0.5) is 0 Å². The zero-order valence-corrected chi connectivity index (χ0v) is 14.3. The number of benzene rings is 2. The first-order valence-corrected chi connectivity index (χ1v) is 8.62. The molecule has 1 heterocycles. The quantitative estimate of drug-likeness (QED) is 0.845. The van der Waals surface area contributed by atoms with Crippen LogP contribution < -0.4 is 5.32 Å². The van der Waals surface area contributed by atoms with Gasteiger partial charge in [-0.2, -0.15) is 0 Å². The van der Waals surface area contributed by atoms with Crippen LogP contribution in [-0.2, 0) is 29.0 Å². The van der Waals surface area contributed by atoms with Gasteiger partial charge in [-0.3, -0.25) is 9.69 Å². The summed E-state index contributed by atoms with van der Waals surface area (Å²) in [6, 6.07) is 15.0. The van der Waals surface area contributed by atoms with Gasteiger partial charge in [0.1, 0.15) is 5.75 Å². The number of ether oxygens (including phenoxy) is 1. The Morgan fingerprint density at radius 3 is 2.44 bits per heavy atom. The lowest BCUT2D eigenvalue weighted by molar-refractivity contribution is -0.120. The fraction of sp³-hybridized carbons (Fsp3) is 0.350. The van der Waals surface area contributed by atoms with Gasteiger partial charge in [0.25, 0.3) is 0 Å². The molecule has 1 fully saturated rings. The van der Waals surface area contributed by atoms with Crippen LogP contribution in [0.15, 0.2) is 48.5 Å². The van der Waals surface area contributed by atoms with Crippen molar-refractivity contribution in [1.82, 2.24) is 10.2 Å². The van der Waals surface area contributed by atoms with Crippen LogP contribution in [0.1, 0.15) is 16.7 Å². The summed E-state index contributed by atoms with van der Waals surface area (Å²) in [5, 5.41) is 12.3. The van der Waals surface area contributed by atoms with Gasteiger partial charge >= 0.3 is 0 Å². The third-order valence-corrected chi connectivity index (χ3v) is 4.39. The van der Waals surface area contributed by atoms with Crippen molar-refractivity contribution in [2.45, 2.75) is 19.5 Å². The van der Waals surface area contributed by atoms with Crippen LogP contribution in [0.5, 0.6) is 5.75 Å². The van der Waals surface area contributed by atoms with Gasteiger partial charge in [-0.25, -0.2) is 0 Å². The SMILES string of the molecule is O=C(Cc1ccc(O)cc1)NCc1ccccc1CN1CCOCC1. The molecule has 0 spiro atoms. The topological polar surface area (TPSA) is 61.8 Å². The van der Waals surface area contributed by atoms with Crippen molar-refractivity contribution in [3.8, 4) is 5.75 Å². The lowest BCUT2D eigenvalue weighted by Crippen LogP contribution is -2.36. The number of nitrogens with zero attached hydrogens (tertiary/aromatic N) is 1. The van der Waals surface area contributed by atoms with E-state index in [2.05, 4.69) is 22.3 Å². The molecule has 1 aliphatic heterocycles. The highest BCUT2D eigenvalue weighted by atomic mass is 16.5. The van der Waals surface area contributed by atoms with Crippen molar-refractivity contribution in [3.63, 3.8) is 0 Å². The highest BCUT2D eigenvalue weighted by Gasteiger charge is 2.13. The van der Waals surface area contributed by atoms with Gasteiger partial charge < -0.3 is 15.2 Å². The third-order valence-electron chi connectivity index (χ3n) is 4.39. The molecule has 2 aromatic rings. The highest BCUT2D eigenvalue weighted by Crippen LogP contribution is 2.13. The van der Waals surface area contributed by atoms with Crippen LogP contribution in [0.25, 0.3) is 0 Å². The van der Waals surface area contributed by atoms with E-state index < -0.39 is 0 Å². The molecule has 3 rings (SSSR count). The molecule has 25 heavy (non-hydrogen) atoms. The Morgan fingerprint density at radius 2 is 1.72 bits per heavy atom. The van der Waals surface area contributed by atoms with Gasteiger partial charge in [0.05, 0.1) is 19.6 Å². The van der Waals surface area contributed by atoms with E-state index in [4.69, 9.17) is 4.74 Å². The molecule has 0 atom stereocenters. The van der Waals surface area contributed by atoms with E-state index in [9.17, 15) is 9.90 Å². The predicted molar refractivity (Wildman–Crippen MR) is 96.2 cm³/mol. The number of morpholine rings is 1. The van der Waals surface area contributed by atoms with E-state index in [0.29, 0.717) is 13.0 Å². The average molecular weight is 340 g/mol. The minimum absolute atomic E-state index is 0.0214. The predicted octanol–water partition coefficient (Wildman–Crippen LogP) is 2.08. The normalized spacial score (nSPS) is 15.0. The summed E-state index contributed by atoms with van der Waals surface area (Å²) in [4.78, 5) is 14.5. The fourth-order valence-corrected chi connectivity index (χ4v) is 2.94. The summed E-state index contributed by atoms with van der Waals surface area (Å²) in [5.74, 6) is 0.188. The number of carbonyl (C=O) groups is 1. The zero-order valence-electron chi connectivity index (χ0n) is 14.3. The Morgan fingerprint density at radius 1 is 1.04 bits per heavy atom. The number of phenolic OH excluding ortho intramolecular Hbond substituents is 1. The molecule has 5 nitrogen and oxygen atoms in total. The van der Waals surface area contributed by atoms with Crippen LogP contribution in [0.2, 0.25) is 0 Å². The van der Waals surface area contributed by atoms with Crippen molar-refractivity contribution in [2.75, 3.05) is 26.3 Å². The van der Waals surface area contributed by atoms with Gasteiger partial charge in [-0.05, 0) is 28.8 Å². The molecule has 0 radical (unpaired) electrons. The molecule has 0 bridgehead atoms. The number of rotatable bonds is 6. The summed E-state index contributed by atoms with van der Waals surface area (Å²) in [5.41, 5.74) is 3.28. The number of phenols is 1. The van der Waals surface area contributed by atoms with Gasteiger partial charge in [0.2, 0.25) is 5.91 Å². The number of hydrogen-bond acceptors (Lipinski definition) is 4. The fourth-order valence-electron chi connectivity index (χ4n) is 2.94. The van der Waals surface area contributed by atoms with E-state index in [0.717, 1.165) is 44.0 Å². The molecule has 132 valence electrons. The maximum absolute atomic E-state index is 12.2. The van der Waals surface area contributed by atoms with E-state index in [1.165, 1.54) is 5.56 Å². The maximum atomic E-state index is 12.2. The van der Waals surface area contributed by atoms with Crippen LogP contribution in [0.3, 0.4) is 0 Å². The summed E-state index contributed by atoms with van der Waals surface area (Å²) >= 11 is 0. The summed E-state index contributed by atoms with van der Waals surface area (Å²) in [7, 11) is 0. The molecule has 1 saturated heterocycles. The molecule has 0 aliphatic carbocycles. The van der Waals surface area contributed by atoms with Crippen LogP contribution in [-0.4, -0.2) is 42.2 Å². The molecule has 0 unspecified atom stereocenters. The molecule has 2 N–H and O–H groups in total. The molecule has 0 saturated carbocycles. The zero-order chi connectivity index (χ0) is 17.5. The van der Waals surface area contributed by atoms with E-state index in [1.807, 2.05) is 12.1 Å². The largest absolute Gasteiger partial charge is 0.508 e. The molecule has 1 aliphatic rings. The van der Waals surface area contributed by atoms with Gasteiger partial charge in [-0.1, -0.05) is 36.4 Å². The van der Waals surface area contributed by atoms with Crippen LogP contribution in [0, 0.1) is 0 Å². The Labute approximate surface area is 148 Å². The Kier molecular flexibility index (Phi) is 6.04. The van der Waals surface area contributed by atoms with Crippen molar-refractivity contribution in [2.24, 2.45) is 0 Å². The minimum atomic E-state index is -0.0214. The van der Waals surface area contributed by atoms with E-state index in [1.54, 1.807) is 24.3 Å². The molecular formula is C20H24N2O3. The molecule has 5 heteroatoms. The molecule has 0 aromatic heterocycles. The number of aromatic hydroxyl groups is 1. The minimum Gasteiger partial charge on any atom is -0.508 e. The first-order valence-electron chi connectivity index (χ1n) is 8.62. The monoisotopic (exact) mass is 340 g/mol. The summed E-state index contributed by atoms with van der Waals surface area (Å²) < 4.78 is 5.40. The standard InChI is InChI=1S/C20H24N2O3/c23-19-7-5-16(6-8-19)13-20(24)21-14-17-3-1-2-4-18(17)15-22-9-11-25-12-10-22/h1-8,23H,9-15H2,(H,21,24). The Bertz CT molecular complexity index is 694. The number of amides is 1. The second-order valence-electron chi connectivity index (χ2n) is 6.28. The summed E-state index contributed by atoms with van der Waals surface area (Å²) in [6.45, 7) is 4.87. The van der Waals surface area contributed by atoms with Gasteiger partial charge in [0.15, 0.2) is 0 Å². The molecule has 2 aromatic carbocycles. The van der Waals surface area contributed by atoms with E-state index >= 15 is 0 Å². The second-order valence-corrected chi connectivity index (χ2v) is 6.28. The lowest BCUT2D eigenvalue weighted by atomic mass is 10.1. The smallest absolute Gasteiger partial charge is 0.224 e. The Hall–Kier alpha value is -2.37. The average Bonchev–Trinajstić information content (AvgIpc) is 2.64. The maximum Gasteiger partial charge on any atom is 0.224 e. The van der Waals surface area contributed by atoms with Crippen molar-refractivity contribution < 1.29 is 14.6 Å². The number of nitrogens with one attached hydrogen (secondary N) is 1. The highest BCUT2D eigenvalue weighted by molar-refractivity contribution is 5.78.